The average Bonchev–Trinajstić information content (AvgIpc) is 3.33. The van der Waals surface area contributed by atoms with Crippen molar-refractivity contribution in [2.75, 3.05) is 6.61 Å². The molecule has 1 fully saturated rings. The third-order valence-corrected chi connectivity index (χ3v) is 5.41. The van der Waals surface area contributed by atoms with Crippen LogP contribution in [0.5, 0.6) is 6.01 Å². The molecule has 0 spiro atoms. The standard InChI is InChI=1S/C23H17F2N3O6.ClH/c24-14-5-1-12(2-6-14)21(29)31-11-16-18(33-22(30)13-3-7-15(25)8-4-13)19-20(32-16)28-10-9-17(26)27-23(28)34-19;/h1-10,16,18-20,26H,11H2;1H/t16-,18-,19-,20-;/m1./s1. The van der Waals surface area contributed by atoms with Crippen LogP contribution >= 0.6 is 12.4 Å². The predicted molar refractivity (Wildman–Crippen MR) is 116 cm³/mol. The Morgan fingerprint density at radius 3 is 2.20 bits per heavy atom. The lowest BCUT2D eigenvalue weighted by molar-refractivity contribution is -0.0574. The van der Waals surface area contributed by atoms with Gasteiger partial charge in [0, 0.05) is 6.20 Å². The van der Waals surface area contributed by atoms with Crippen molar-refractivity contribution in [2.24, 2.45) is 0 Å². The second-order valence-electron chi connectivity index (χ2n) is 7.63. The number of nitrogens with zero attached hydrogens (tertiary/aromatic N) is 2. The molecule has 0 bridgehead atoms. The van der Waals surface area contributed by atoms with Crippen molar-refractivity contribution in [3.05, 3.63) is 89.0 Å². The van der Waals surface area contributed by atoms with E-state index in [4.69, 9.17) is 24.4 Å². The number of esters is 2. The van der Waals surface area contributed by atoms with Crippen LogP contribution in [0, 0.1) is 17.0 Å². The summed E-state index contributed by atoms with van der Waals surface area (Å²) < 4.78 is 50.6. The molecule has 1 saturated heterocycles. The van der Waals surface area contributed by atoms with Gasteiger partial charge in [-0.25, -0.2) is 18.4 Å². The summed E-state index contributed by atoms with van der Waals surface area (Å²) in [6.07, 6.45) is -1.93. The maximum Gasteiger partial charge on any atom is 0.338 e. The minimum Gasteiger partial charge on any atom is -0.459 e. The minimum absolute atomic E-state index is 0. The Morgan fingerprint density at radius 2 is 1.57 bits per heavy atom. The van der Waals surface area contributed by atoms with E-state index in [1.807, 2.05) is 0 Å². The highest BCUT2D eigenvalue weighted by Gasteiger charge is 2.54. The number of ether oxygens (including phenoxy) is 4. The summed E-state index contributed by atoms with van der Waals surface area (Å²) in [4.78, 5) is 29.1. The van der Waals surface area contributed by atoms with E-state index in [9.17, 15) is 18.4 Å². The molecule has 0 unspecified atom stereocenters. The molecule has 2 aliphatic rings. The lowest BCUT2D eigenvalue weighted by Crippen LogP contribution is -2.40. The molecule has 5 rings (SSSR count). The van der Waals surface area contributed by atoms with Gasteiger partial charge in [-0.15, -0.1) is 12.4 Å². The van der Waals surface area contributed by atoms with Gasteiger partial charge in [0.25, 0.3) is 0 Å². The van der Waals surface area contributed by atoms with Gasteiger partial charge in [0.1, 0.15) is 24.3 Å². The van der Waals surface area contributed by atoms with Gasteiger partial charge < -0.3 is 18.9 Å². The molecule has 35 heavy (non-hydrogen) atoms. The van der Waals surface area contributed by atoms with E-state index in [2.05, 4.69) is 4.98 Å². The Morgan fingerprint density at radius 1 is 0.971 bits per heavy atom. The van der Waals surface area contributed by atoms with Crippen LogP contribution in [-0.2, 0) is 14.2 Å². The van der Waals surface area contributed by atoms with Gasteiger partial charge in [0.15, 0.2) is 23.9 Å². The first-order chi connectivity index (χ1) is 16.4. The van der Waals surface area contributed by atoms with Crippen molar-refractivity contribution in [1.29, 1.82) is 5.41 Å². The van der Waals surface area contributed by atoms with Crippen molar-refractivity contribution in [2.45, 2.75) is 24.5 Å². The Kier molecular flexibility index (Phi) is 6.81. The van der Waals surface area contributed by atoms with Crippen LogP contribution in [0.4, 0.5) is 8.78 Å². The molecule has 0 amide bonds. The van der Waals surface area contributed by atoms with Gasteiger partial charge in [-0.2, -0.15) is 4.98 Å². The smallest absolute Gasteiger partial charge is 0.338 e. The summed E-state index contributed by atoms with van der Waals surface area (Å²) in [7, 11) is 0. The Labute approximate surface area is 203 Å². The van der Waals surface area contributed by atoms with Gasteiger partial charge in [0.05, 0.1) is 11.1 Å². The highest BCUT2D eigenvalue weighted by atomic mass is 35.5. The molecule has 1 aromatic heterocycles. The first-order valence-corrected chi connectivity index (χ1v) is 10.2. The maximum atomic E-state index is 13.2. The topological polar surface area (TPSA) is 113 Å². The Bertz CT molecular complexity index is 1300. The fourth-order valence-corrected chi connectivity index (χ4v) is 3.75. The maximum absolute atomic E-state index is 13.2. The zero-order chi connectivity index (χ0) is 23.8. The molecule has 1 N–H and O–H groups in total. The fourth-order valence-electron chi connectivity index (χ4n) is 3.75. The Hall–Kier alpha value is -3.83. The van der Waals surface area contributed by atoms with E-state index in [1.54, 1.807) is 10.8 Å². The van der Waals surface area contributed by atoms with E-state index in [0.29, 0.717) is 0 Å². The summed E-state index contributed by atoms with van der Waals surface area (Å²) in [5.41, 5.74) is 0.236. The van der Waals surface area contributed by atoms with Crippen LogP contribution in [0.1, 0.15) is 26.9 Å². The highest BCUT2D eigenvalue weighted by molar-refractivity contribution is 5.90. The number of benzene rings is 2. The zero-order valence-electron chi connectivity index (χ0n) is 17.8. The van der Waals surface area contributed by atoms with Gasteiger partial charge in [-0.05, 0) is 54.6 Å². The molecule has 9 nitrogen and oxygen atoms in total. The van der Waals surface area contributed by atoms with Crippen LogP contribution < -0.4 is 10.2 Å². The lowest BCUT2D eigenvalue weighted by atomic mass is 10.1. The number of rotatable bonds is 5. The van der Waals surface area contributed by atoms with E-state index in [0.717, 1.165) is 24.3 Å². The van der Waals surface area contributed by atoms with E-state index >= 15 is 0 Å². The SMILES string of the molecule is Cl.N=c1ccn2c(n1)O[C@@H]1[C@H](OC(=O)c3ccc(F)cc3)[C@@H](COC(=O)c3ccc(F)cc3)O[C@H]12. The third kappa shape index (κ3) is 4.86. The van der Waals surface area contributed by atoms with Crippen LogP contribution in [0.15, 0.2) is 60.8 Å². The lowest BCUT2D eigenvalue weighted by Gasteiger charge is -2.22. The van der Waals surface area contributed by atoms with Gasteiger partial charge in [-0.3, -0.25) is 9.98 Å². The number of nitrogens with one attached hydrogen (secondary N) is 1. The number of halogens is 3. The number of hydrogen-bond donors (Lipinski definition) is 1. The minimum atomic E-state index is -1.01. The Balaban J connectivity index is 0.00000289. The summed E-state index contributed by atoms with van der Waals surface area (Å²) in [6, 6.07) is 11.2. The average molecular weight is 506 g/mol. The second kappa shape index (κ2) is 9.80. The van der Waals surface area contributed by atoms with Crippen LogP contribution in [0.2, 0.25) is 0 Å². The molecule has 0 radical (unpaired) electrons. The van der Waals surface area contributed by atoms with Crippen molar-refractivity contribution in [3.63, 3.8) is 0 Å². The molecule has 182 valence electrons. The molecule has 12 heteroatoms. The van der Waals surface area contributed by atoms with Crippen LogP contribution in [-0.4, -0.2) is 46.4 Å². The first kappa shape index (κ1) is 24.3. The first-order valence-electron chi connectivity index (χ1n) is 10.2. The van der Waals surface area contributed by atoms with Crippen molar-refractivity contribution < 1.29 is 37.3 Å². The monoisotopic (exact) mass is 505 g/mol. The molecule has 2 aromatic carbocycles. The fraction of sp³-hybridized carbons (Fsp3) is 0.217. The van der Waals surface area contributed by atoms with E-state index < -0.39 is 48.1 Å². The summed E-state index contributed by atoms with van der Waals surface area (Å²) in [5.74, 6) is -2.45. The number of carbonyl (C=O) groups excluding carboxylic acids is 2. The molecule has 0 saturated carbocycles. The number of hydrogen-bond acceptors (Lipinski definition) is 8. The third-order valence-electron chi connectivity index (χ3n) is 5.41. The van der Waals surface area contributed by atoms with Gasteiger partial charge in [0.2, 0.25) is 0 Å². The quantitative estimate of drug-likeness (QED) is 0.530. The molecular weight excluding hydrogens is 488 g/mol. The number of aromatic nitrogens is 2. The van der Waals surface area contributed by atoms with Crippen molar-refractivity contribution in [1.82, 2.24) is 9.55 Å². The second-order valence-corrected chi connectivity index (χ2v) is 7.63. The predicted octanol–water partition coefficient (Wildman–Crippen LogP) is 2.80. The summed E-state index contributed by atoms with van der Waals surface area (Å²) in [6.45, 7) is -0.284. The summed E-state index contributed by atoms with van der Waals surface area (Å²) in [5, 5.41) is 7.67. The van der Waals surface area contributed by atoms with Gasteiger partial charge >= 0.3 is 17.9 Å². The highest BCUT2D eigenvalue weighted by Crippen LogP contribution is 2.40. The number of fused-ring (bicyclic) bond motifs is 3. The van der Waals surface area contributed by atoms with Crippen molar-refractivity contribution >= 4 is 24.3 Å². The normalized spacial score (nSPS) is 21.8. The van der Waals surface area contributed by atoms with Gasteiger partial charge in [-0.1, -0.05) is 0 Å². The molecule has 0 aliphatic carbocycles. The largest absolute Gasteiger partial charge is 0.459 e. The molecule has 3 aromatic rings. The molecule has 2 aliphatic heterocycles. The van der Waals surface area contributed by atoms with E-state index in [-0.39, 0.29) is 41.6 Å². The van der Waals surface area contributed by atoms with Crippen LogP contribution in [0.3, 0.4) is 0 Å². The zero-order valence-corrected chi connectivity index (χ0v) is 18.6. The summed E-state index contributed by atoms with van der Waals surface area (Å²) >= 11 is 0. The molecule has 3 heterocycles. The van der Waals surface area contributed by atoms with Crippen LogP contribution in [0.25, 0.3) is 0 Å². The van der Waals surface area contributed by atoms with E-state index in [1.165, 1.54) is 30.3 Å². The number of carbonyl (C=O) groups is 2. The molecular formula is C23H18ClF2N3O6. The van der Waals surface area contributed by atoms with Crippen molar-refractivity contribution in [3.8, 4) is 6.01 Å². The molecule has 4 atom stereocenters.